The van der Waals surface area contributed by atoms with Crippen molar-refractivity contribution in [3.63, 3.8) is 0 Å². The lowest BCUT2D eigenvalue weighted by Crippen LogP contribution is -2.37. The standard InChI is InChI=1S/C14H20N6O/c1-8(2)20-6-5-11(14(20)21)18-12-10-7-15-19(4)13(10)17-9(3)16-12/h7-8,11H,5-6H2,1-4H3,(H,16,17,18). The van der Waals surface area contributed by atoms with E-state index in [4.69, 9.17) is 0 Å². The number of anilines is 1. The van der Waals surface area contributed by atoms with E-state index in [2.05, 4.69) is 20.4 Å². The molecule has 1 fully saturated rings. The van der Waals surface area contributed by atoms with Gasteiger partial charge in [0.15, 0.2) is 5.65 Å². The molecule has 7 heteroatoms. The molecule has 1 atom stereocenters. The molecule has 1 aliphatic rings. The Morgan fingerprint density at radius 1 is 1.38 bits per heavy atom. The molecule has 3 heterocycles. The Kier molecular flexibility index (Phi) is 3.27. The molecular weight excluding hydrogens is 268 g/mol. The molecule has 21 heavy (non-hydrogen) atoms. The van der Waals surface area contributed by atoms with Gasteiger partial charge >= 0.3 is 0 Å². The van der Waals surface area contributed by atoms with Crippen LogP contribution in [0.15, 0.2) is 6.20 Å². The van der Waals surface area contributed by atoms with Crippen LogP contribution in [0.3, 0.4) is 0 Å². The Labute approximate surface area is 123 Å². The van der Waals surface area contributed by atoms with E-state index >= 15 is 0 Å². The lowest BCUT2D eigenvalue weighted by Gasteiger charge is -2.21. The van der Waals surface area contributed by atoms with Crippen LogP contribution in [0.5, 0.6) is 0 Å². The van der Waals surface area contributed by atoms with E-state index in [1.54, 1.807) is 10.9 Å². The van der Waals surface area contributed by atoms with Gasteiger partial charge in [-0.25, -0.2) is 9.97 Å². The van der Waals surface area contributed by atoms with Crippen molar-refractivity contribution in [2.75, 3.05) is 11.9 Å². The van der Waals surface area contributed by atoms with Crippen LogP contribution >= 0.6 is 0 Å². The number of carbonyl (C=O) groups is 1. The van der Waals surface area contributed by atoms with E-state index in [0.717, 1.165) is 24.0 Å². The lowest BCUT2D eigenvalue weighted by molar-refractivity contribution is -0.129. The molecule has 1 unspecified atom stereocenters. The number of rotatable bonds is 3. The summed E-state index contributed by atoms with van der Waals surface area (Å²) in [5, 5.41) is 8.34. The van der Waals surface area contributed by atoms with Crippen LogP contribution in [0.4, 0.5) is 5.82 Å². The summed E-state index contributed by atoms with van der Waals surface area (Å²) in [5.41, 5.74) is 0.774. The number of fused-ring (bicyclic) bond motifs is 1. The minimum absolute atomic E-state index is 0.137. The van der Waals surface area contributed by atoms with Gasteiger partial charge in [0.05, 0.1) is 11.6 Å². The smallest absolute Gasteiger partial charge is 0.245 e. The first-order chi connectivity index (χ1) is 9.97. The van der Waals surface area contributed by atoms with Crippen LogP contribution in [0.25, 0.3) is 11.0 Å². The molecule has 0 saturated carbocycles. The molecule has 1 N–H and O–H groups in total. The van der Waals surface area contributed by atoms with Gasteiger partial charge in [-0.2, -0.15) is 5.10 Å². The van der Waals surface area contributed by atoms with E-state index < -0.39 is 0 Å². The Balaban J connectivity index is 1.91. The first kappa shape index (κ1) is 13.8. The summed E-state index contributed by atoms with van der Waals surface area (Å²) in [5.74, 6) is 1.49. The zero-order chi connectivity index (χ0) is 15.1. The summed E-state index contributed by atoms with van der Waals surface area (Å²) in [4.78, 5) is 23.1. The highest BCUT2D eigenvalue weighted by Gasteiger charge is 2.33. The quantitative estimate of drug-likeness (QED) is 0.915. The number of nitrogens with zero attached hydrogens (tertiary/aromatic N) is 5. The second-order valence-corrected chi connectivity index (χ2v) is 5.74. The van der Waals surface area contributed by atoms with Crippen LogP contribution in [0, 0.1) is 6.92 Å². The molecule has 1 amide bonds. The van der Waals surface area contributed by atoms with E-state index in [0.29, 0.717) is 11.6 Å². The molecule has 112 valence electrons. The van der Waals surface area contributed by atoms with Gasteiger partial charge in [-0.05, 0) is 27.2 Å². The van der Waals surface area contributed by atoms with Crippen molar-refractivity contribution < 1.29 is 4.79 Å². The highest BCUT2D eigenvalue weighted by molar-refractivity contribution is 5.91. The van der Waals surface area contributed by atoms with Gasteiger partial charge in [-0.1, -0.05) is 0 Å². The van der Waals surface area contributed by atoms with Gasteiger partial charge < -0.3 is 10.2 Å². The van der Waals surface area contributed by atoms with Crippen molar-refractivity contribution in [1.29, 1.82) is 0 Å². The third-order valence-corrected chi connectivity index (χ3v) is 3.88. The summed E-state index contributed by atoms with van der Waals surface area (Å²) >= 11 is 0. The zero-order valence-corrected chi connectivity index (χ0v) is 12.8. The molecule has 0 aliphatic carbocycles. The monoisotopic (exact) mass is 288 g/mol. The number of carbonyl (C=O) groups excluding carboxylic acids is 1. The van der Waals surface area contributed by atoms with E-state index in [1.807, 2.05) is 32.7 Å². The molecule has 1 saturated heterocycles. The van der Waals surface area contributed by atoms with Crippen molar-refractivity contribution in [2.45, 2.75) is 39.3 Å². The fourth-order valence-electron chi connectivity index (χ4n) is 2.75. The number of aromatic nitrogens is 4. The predicted octanol–water partition coefficient (Wildman–Crippen LogP) is 1.09. The Morgan fingerprint density at radius 3 is 2.81 bits per heavy atom. The van der Waals surface area contributed by atoms with Crippen LogP contribution in [-0.2, 0) is 11.8 Å². The number of aryl methyl sites for hydroxylation is 2. The highest BCUT2D eigenvalue weighted by atomic mass is 16.2. The summed E-state index contributed by atoms with van der Waals surface area (Å²) in [6, 6.07) is 0.0138. The zero-order valence-electron chi connectivity index (χ0n) is 12.8. The Bertz CT molecular complexity index is 692. The Hall–Kier alpha value is -2.18. The fourth-order valence-corrected chi connectivity index (χ4v) is 2.75. The van der Waals surface area contributed by atoms with Gasteiger partial charge in [-0.15, -0.1) is 0 Å². The third-order valence-electron chi connectivity index (χ3n) is 3.88. The number of likely N-dealkylation sites (tertiary alicyclic amines) is 1. The minimum atomic E-state index is -0.217. The minimum Gasteiger partial charge on any atom is -0.358 e. The average Bonchev–Trinajstić information content (AvgIpc) is 2.95. The maximum atomic E-state index is 12.4. The second kappa shape index (κ2) is 4.98. The largest absolute Gasteiger partial charge is 0.358 e. The van der Waals surface area contributed by atoms with Crippen LogP contribution in [-0.4, -0.2) is 49.2 Å². The molecular formula is C14H20N6O. The molecule has 3 rings (SSSR count). The van der Waals surface area contributed by atoms with E-state index in [-0.39, 0.29) is 18.0 Å². The van der Waals surface area contributed by atoms with Crippen molar-refractivity contribution in [3.05, 3.63) is 12.0 Å². The number of amides is 1. The SMILES string of the molecule is Cc1nc(NC2CCN(C(C)C)C2=O)c2cnn(C)c2n1. The molecule has 0 aromatic carbocycles. The number of hydrogen-bond acceptors (Lipinski definition) is 5. The first-order valence-electron chi connectivity index (χ1n) is 7.20. The highest BCUT2D eigenvalue weighted by Crippen LogP contribution is 2.23. The van der Waals surface area contributed by atoms with Gasteiger partial charge in [0, 0.05) is 19.6 Å². The summed E-state index contributed by atoms with van der Waals surface area (Å²) in [6.45, 7) is 6.70. The van der Waals surface area contributed by atoms with Crippen molar-refractivity contribution in [3.8, 4) is 0 Å². The van der Waals surface area contributed by atoms with E-state index in [9.17, 15) is 4.79 Å². The molecule has 2 aromatic heterocycles. The van der Waals surface area contributed by atoms with Crippen molar-refractivity contribution >= 4 is 22.8 Å². The first-order valence-corrected chi connectivity index (χ1v) is 7.20. The molecule has 0 bridgehead atoms. The maximum Gasteiger partial charge on any atom is 0.245 e. The second-order valence-electron chi connectivity index (χ2n) is 5.74. The van der Waals surface area contributed by atoms with Gasteiger partial charge in [0.2, 0.25) is 5.91 Å². The van der Waals surface area contributed by atoms with Gasteiger partial charge in [-0.3, -0.25) is 9.48 Å². The van der Waals surface area contributed by atoms with Crippen molar-refractivity contribution in [2.24, 2.45) is 7.05 Å². The van der Waals surface area contributed by atoms with Gasteiger partial charge in [0.25, 0.3) is 0 Å². The molecule has 1 aliphatic heterocycles. The summed E-state index contributed by atoms with van der Waals surface area (Å²) in [6.07, 6.45) is 2.53. The molecule has 7 nitrogen and oxygen atoms in total. The maximum absolute atomic E-state index is 12.4. The molecule has 2 aromatic rings. The van der Waals surface area contributed by atoms with Crippen LogP contribution < -0.4 is 5.32 Å². The van der Waals surface area contributed by atoms with Gasteiger partial charge in [0.1, 0.15) is 17.7 Å². The van der Waals surface area contributed by atoms with E-state index in [1.165, 1.54) is 0 Å². The third kappa shape index (κ3) is 2.32. The Morgan fingerprint density at radius 2 is 2.14 bits per heavy atom. The number of hydrogen-bond donors (Lipinski definition) is 1. The van der Waals surface area contributed by atoms with Crippen LogP contribution in [0.1, 0.15) is 26.1 Å². The van der Waals surface area contributed by atoms with Crippen molar-refractivity contribution in [1.82, 2.24) is 24.6 Å². The topological polar surface area (TPSA) is 75.9 Å². The predicted molar refractivity (Wildman–Crippen MR) is 79.9 cm³/mol. The number of nitrogens with one attached hydrogen (secondary N) is 1. The molecule has 0 radical (unpaired) electrons. The fraction of sp³-hybridized carbons (Fsp3) is 0.571. The summed E-state index contributed by atoms with van der Waals surface area (Å²) < 4.78 is 1.71. The molecule has 0 spiro atoms. The lowest BCUT2D eigenvalue weighted by atomic mass is 10.2. The normalized spacial score (nSPS) is 19.0. The average molecular weight is 288 g/mol. The van der Waals surface area contributed by atoms with Crippen LogP contribution in [0.2, 0.25) is 0 Å². The summed E-state index contributed by atoms with van der Waals surface area (Å²) in [7, 11) is 1.85.